The standard InChI is InChI=1S/C23H26ClN/c1-14-12-17(24)13-20-18-6-5-7-19(18)22(25-21(14)20)15-8-10-16(11-9-15)23(2,3)4/h5-6,8-13,18-19,22,25H,7H2,1-4H3/t18-,19+,22-/m1/s1. The minimum atomic E-state index is 0.190. The van der Waals surface area contributed by atoms with E-state index in [0.29, 0.717) is 17.9 Å². The zero-order valence-corrected chi connectivity index (χ0v) is 16.2. The molecule has 4 rings (SSSR count). The van der Waals surface area contributed by atoms with Crippen LogP contribution in [0.4, 0.5) is 5.69 Å². The van der Waals surface area contributed by atoms with E-state index < -0.39 is 0 Å². The fourth-order valence-electron chi connectivity index (χ4n) is 4.36. The Kier molecular flexibility index (Phi) is 3.96. The zero-order valence-electron chi connectivity index (χ0n) is 15.4. The second-order valence-electron chi connectivity index (χ2n) is 8.53. The minimum absolute atomic E-state index is 0.190. The predicted molar refractivity (Wildman–Crippen MR) is 108 cm³/mol. The van der Waals surface area contributed by atoms with Gasteiger partial charge in [0.15, 0.2) is 0 Å². The molecule has 0 saturated heterocycles. The molecule has 0 unspecified atom stereocenters. The highest BCUT2D eigenvalue weighted by Gasteiger charge is 2.38. The van der Waals surface area contributed by atoms with Gasteiger partial charge in [-0.2, -0.15) is 0 Å². The van der Waals surface area contributed by atoms with Crippen LogP contribution in [0.2, 0.25) is 5.02 Å². The minimum Gasteiger partial charge on any atom is -0.377 e. The quantitative estimate of drug-likeness (QED) is 0.559. The number of allylic oxidation sites excluding steroid dienone is 2. The molecule has 1 nitrogen and oxygen atoms in total. The molecule has 0 fully saturated rings. The first kappa shape index (κ1) is 16.7. The van der Waals surface area contributed by atoms with E-state index in [0.717, 1.165) is 11.4 Å². The Morgan fingerprint density at radius 1 is 1.08 bits per heavy atom. The van der Waals surface area contributed by atoms with E-state index >= 15 is 0 Å². The van der Waals surface area contributed by atoms with E-state index in [1.165, 1.54) is 27.9 Å². The fourth-order valence-corrected chi connectivity index (χ4v) is 4.64. The van der Waals surface area contributed by atoms with E-state index in [2.05, 4.69) is 81.6 Å². The summed E-state index contributed by atoms with van der Waals surface area (Å²) in [5.74, 6) is 1.02. The SMILES string of the molecule is Cc1cc(Cl)cc2c1N[C@H](c1ccc(C(C)(C)C)cc1)[C@H]1CC=C[C@@H]21. The number of anilines is 1. The highest BCUT2D eigenvalue weighted by Crippen LogP contribution is 2.51. The van der Waals surface area contributed by atoms with Gasteiger partial charge in [-0.15, -0.1) is 0 Å². The summed E-state index contributed by atoms with van der Waals surface area (Å²) in [5, 5.41) is 4.68. The Labute approximate surface area is 156 Å². The number of aryl methyl sites for hydroxylation is 1. The molecule has 0 spiro atoms. The molecular formula is C23H26ClN. The molecular weight excluding hydrogens is 326 g/mol. The number of hydrogen-bond acceptors (Lipinski definition) is 1. The van der Waals surface area contributed by atoms with Crippen molar-refractivity contribution < 1.29 is 0 Å². The molecule has 2 heteroatoms. The topological polar surface area (TPSA) is 12.0 Å². The lowest BCUT2D eigenvalue weighted by molar-refractivity contribution is 0.425. The second-order valence-corrected chi connectivity index (χ2v) is 8.97. The molecule has 0 radical (unpaired) electrons. The van der Waals surface area contributed by atoms with Gasteiger partial charge in [0.1, 0.15) is 0 Å². The van der Waals surface area contributed by atoms with E-state index in [1.54, 1.807) is 0 Å². The van der Waals surface area contributed by atoms with Crippen LogP contribution in [0.3, 0.4) is 0 Å². The summed E-state index contributed by atoms with van der Waals surface area (Å²) in [6.45, 7) is 8.94. The zero-order chi connectivity index (χ0) is 17.8. The molecule has 2 aromatic carbocycles. The van der Waals surface area contributed by atoms with Crippen LogP contribution in [0.15, 0.2) is 48.6 Å². The van der Waals surface area contributed by atoms with E-state index in [4.69, 9.17) is 11.6 Å². The summed E-state index contributed by atoms with van der Waals surface area (Å²) in [4.78, 5) is 0. The summed E-state index contributed by atoms with van der Waals surface area (Å²) in [6, 6.07) is 13.8. The van der Waals surface area contributed by atoms with Crippen molar-refractivity contribution in [3.63, 3.8) is 0 Å². The first-order chi connectivity index (χ1) is 11.8. The highest BCUT2D eigenvalue weighted by molar-refractivity contribution is 6.30. The Balaban J connectivity index is 1.74. The van der Waals surface area contributed by atoms with Crippen LogP contribution in [-0.2, 0) is 5.41 Å². The van der Waals surface area contributed by atoms with E-state index in [9.17, 15) is 0 Å². The third-order valence-electron chi connectivity index (χ3n) is 5.77. The van der Waals surface area contributed by atoms with Gasteiger partial charge in [0.05, 0.1) is 6.04 Å². The van der Waals surface area contributed by atoms with Crippen LogP contribution in [0, 0.1) is 12.8 Å². The summed E-state index contributed by atoms with van der Waals surface area (Å²) in [6.07, 6.45) is 5.82. The van der Waals surface area contributed by atoms with Gasteiger partial charge in [0, 0.05) is 16.6 Å². The number of halogens is 1. The molecule has 1 heterocycles. The van der Waals surface area contributed by atoms with Crippen molar-refractivity contribution in [1.29, 1.82) is 0 Å². The Morgan fingerprint density at radius 3 is 2.48 bits per heavy atom. The van der Waals surface area contributed by atoms with Crippen molar-refractivity contribution >= 4 is 17.3 Å². The molecule has 1 N–H and O–H groups in total. The molecule has 3 atom stereocenters. The van der Waals surface area contributed by atoms with Crippen molar-refractivity contribution in [2.24, 2.45) is 5.92 Å². The lowest BCUT2D eigenvalue weighted by Crippen LogP contribution is -2.29. The van der Waals surface area contributed by atoms with Gasteiger partial charge in [-0.3, -0.25) is 0 Å². The molecule has 25 heavy (non-hydrogen) atoms. The van der Waals surface area contributed by atoms with Crippen LogP contribution in [0.25, 0.3) is 0 Å². The molecule has 0 saturated carbocycles. The maximum absolute atomic E-state index is 6.33. The highest BCUT2D eigenvalue weighted by atomic mass is 35.5. The first-order valence-corrected chi connectivity index (χ1v) is 9.56. The largest absolute Gasteiger partial charge is 0.377 e. The summed E-state index contributed by atoms with van der Waals surface area (Å²) in [5.41, 5.74) is 6.81. The van der Waals surface area contributed by atoms with Gasteiger partial charge >= 0.3 is 0 Å². The van der Waals surface area contributed by atoms with E-state index in [1.807, 2.05) is 0 Å². The molecule has 1 aliphatic carbocycles. The second kappa shape index (κ2) is 5.92. The molecule has 1 aliphatic heterocycles. The predicted octanol–water partition coefficient (Wildman–Crippen LogP) is 6.77. The van der Waals surface area contributed by atoms with E-state index in [-0.39, 0.29) is 5.41 Å². The number of rotatable bonds is 1. The van der Waals surface area contributed by atoms with Crippen LogP contribution < -0.4 is 5.32 Å². The van der Waals surface area contributed by atoms with Crippen molar-refractivity contribution in [3.05, 3.63) is 75.8 Å². The van der Waals surface area contributed by atoms with Crippen molar-refractivity contribution in [2.45, 2.75) is 51.5 Å². The van der Waals surface area contributed by atoms with Gasteiger partial charge < -0.3 is 5.32 Å². The monoisotopic (exact) mass is 351 g/mol. The third kappa shape index (κ3) is 2.89. The maximum atomic E-state index is 6.33. The van der Waals surface area contributed by atoms with Gasteiger partial charge in [0.2, 0.25) is 0 Å². The lowest BCUT2D eigenvalue weighted by atomic mass is 9.76. The summed E-state index contributed by atoms with van der Waals surface area (Å²) < 4.78 is 0. The Bertz CT molecular complexity index is 826. The van der Waals surface area contributed by atoms with Crippen molar-refractivity contribution in [2.75, 3.05) is 5.32 Å². The van der Waals surface area contributed by atoms with Crippen molar-refractivity contribution in [1.82, 2.24) is 0 Å². The average molecular weight is 352 g/mol. The van der Waals surface area contributed by atoms with Gasteiger partial charge in [-0.25, -0.2) is 0 Å². The van der Waals surface area contributed by atoms with Crippen LogP contribution in [0.1, 0.15) is 61.4 Å². The summed E-state index contributed by atoms with van der Waals surface area (Å²) in [7, 11) is 0. The average Bonchev–Trinajstić information content (AvgIpc) is 3.03. The normalized spacial score (nSPS) is 24.6. The molecule has 0 amide bonds. The number of benzene rings is 2. The molecule has 2 aliphatic rings. The van der Waals surface area contributed by atoms with Crippen LogP contribution in [0.5, 0.6) is 0 Å². The lowest BCUT2D eigenvalue weighted by Gasteiger charge is -2.38. The molecule has 130 valence electrons. The third-order valence-corrected chi connectivity index (χ3v) is 5.98. The van der Waals surface area contributed by atoms with Crippen LogP contribution in [-0.4, -0.2) is 0 Å². The molecule has 0 bridgehead atoms. The Morgan fingerprint density at radius 2 is 1.80 bits per heavy atom. The van der Waals surface area contributed by atoms with Gasteiger partial charge in [-0.05, 0) is 59.1 Å². The smallest absolute Gasteiger partial charge is 0.0554 e. The first-order valence-electron chi connectivity index (χ1n) is 9.18. The van der Waals surface area contributed by atoms with Gasteiger partial charge in [-0.1, -0.05) is 68.8 Å². The fraction of sp³-hybridized carbons (Fsp3) is 0.391. The number of nitrogens with one attached hydrogen (secondary N) is 1. The van der Waals surface area contributed by atoms with Crippen LogP contribution >= 0.6 is 11.6 Å². The Hall–Kier alpha value is -1.73. The molecule has 2 aromatic rings. The maximum Gasteiger partial charge on any atom is 0.0554 e. The van der Waals surface area contributed by atoms with Gasteiger partial charge in [0.25, 0.3) is 0 Å². The number of hydrogen-bond donors (Lipinski definition) is 1. The molecule has 0 aromatic heterocycles. The number of fused-ring (bicyclic) bond motifs is 3. The van der Waals surface area contributed by atoms with Crippen molar-refractivity contribution in [3.8, 4) is 0 Å². The summed E-state index contributed by atoms with van der Waals surface area (Å²) >= 11 is 6.33.